The quantitative estimate of drug-likeness (QED) is 0.531. The number of hydrogen-bond acceptors (Lipinski definition) is 7. The lowest BCUT2D eigenvalue weighted by atomic mass is 10.1. The molecule has 0 saturated carbocycles. The molecule has 0 fully saturated rings. The van der Waals surface area contributed by atoms with E-state index in [9.17, 15) is 0 Å². The Hall–Kier alpha value is -2.41. The lowest BCUT2D eigenvalue weighted by Gasteiger charge is -2.08. The molecule has 1 aromatic carbocycles. The summed E-state index contributed by atoms with van der Waals surface area (Å²) < 4.78 is 5.00. The first-order valence-electron chi connectivity index (χ1n) is 6.87. The summed E-state index contributed by atoms with van der Waals surface area (Å²) in [5.41, 5.74) is 4.59. The predicted octanol–water partition coefficient (Wildman–Crippen LogP) is 2.25. The molecule has 0 atom stereocenters. The van der Waals surface area contributed by atoms with E-state index in [4.69, 9.17) is 10.6 Å². The first-order chi connectivity index (χ1) is 10.2. The van der Waals surface area contributed by atoms with Crippen molar-refractivity contribution in [3.05, 3.63) is 29.8 Å². The minimum absolute atomic E-state index is 0.194. The first kappa shape index (κ1) is 15.0. The maximum atomic E-state index is 5.32. The highest BCUT2D eigenvalue weighted by atomic mass is 16.5. The van der Waals surface area contributed by atoms with Crippen LogP contribution < -0.4 is 21.3 Å². The van der Waals surface area contributed by atoms with Crippen LogP contribution in [0.15, 0.2) is 24.3 Å². The molecule has 0 spiro atoms. The van der Waals surface area contributed by atoms with Gasteiger partial charge in [-0.15, -0.1) is 0 Å². The molecule has 0 aliphatic rings. The average molecular weight is 288 g/mol. The lowest BCUT2D eigenvalue weighted by Crippen LogP contribution is -2.13. The van der Waals surface area contributed by atoms with E-state index in [2.05, 4.69) is 44.8 Å². The minimum Gasteiger partial charge on any atom is -0.467 e. The van der Waals surface area contributed by atoms with Gasteiger partial charge < -0.3 is 10.1 Å². The minimum atomic E-state index is 0.194. The second kappa shape index (κ2) is 7.39. The molecule has 2 aromatic rings. The summed E-state index contributed by atoms with van der Waals surface area (Å²) in [6.45, 7) is 2.19. The van der Waals surface area contributed by atoms with Crippen LogP contribution in [-0.2, 0) is 6.42 Å². The van der Waals surface area contributed by atoms with Crippen LogP contribution in [0.2, 0.25) is 0 Å². The van der Waals surface area contributed by atoms with Gasteiger partial charge in [0.05, 0.1) is 7.11 Å². The number of aryl methyl sites for hydroxylation is 1. The normalized spacial score (nSPS) is 10.2. The number of nitrogens with zero attached hydrogens (tertiary/aromatic N) is 3. The monoisotopic (exact) mass is 288 g/mol. The summed E-state index contributed by atoms with van der Waals surface area (Å²) in [6.07, 6.45) is 3.49. The smallest absolute Gasteiger partial charge is 0.322 e. The summed E-state index contributed by atoms with van der Waals surface area (Å²) in [5.74, 6) is 5.93. The van der Waals surface area contributed by atoms with Gasteiger partial charge in [-0.3, -0.25) is 5.43 Å². The molecule has 0 unspecified atom stereocenters. The van der Waals surface area contributed by atoms with Gasteiger partial charge in [0.2, 0.25) is 11.9 Å². The summed E-state index contributed by atoms with van der Waals surface area (Å²) in [4.78, 5) is 12.2. The molecule has 21 heavy (non-hydrogen) atoms. The second-order valence-corrected chi connectivity index (χ2v) is 4.54. The van der Waals surface area contributed by atoms with Gasteiger partial charge >= 0.3 is 6.01 Å². The first-order valence-corrected chi connectivity index (χ1v) is 6.87. The molecule has 1 aromatic heterocycles. The number of benzene rings is 1. The SMILES string of the molecule is CCCCc1ccc(Nc2nc(NN)nc(OC)n2)cc1. The number of ether oxygens (including phenoxy) is 1. The average Bonchev–Trinajstić information content (AvgIpc) is 2.53. The number of methoxy groups -OCH3 is 1. The van der Waals surface area contributed by atoms with Crippen LogP contribution in [-0.4, -0.2) is 22.1 Å². The van der Waals surface area contributed by atoms with E-state index in [0.717, 1.165) is 12.1 Å². The van der Waals surface area contributed by atoms with Gasteiger partial charge in [-0.05, 0) is 30.5 Å². The van der Waals surface area contributed by atoms with Crippen molar-refractivity contribution in [1.29, 1.82) is 0 Å². The molecule has 1 heterocycles. The number of hydrazine groups is 1. The number of rotatable bonds is 7. The number of hydrogen-bond donors (Lipinski definition) is 3. The van der Waals surface area contributed by atoms with Crippen molar-refractivity contribution in [2.24, 2.45) is 5.84 Å². The summed E-state index contributed by atoms with van der Waals surface area (Å²) in [6, 6.07) is 8.38. The van der Waals surface area contributed by atoms with E-state index in [1.165, 1.54) is 25.5 Å². The Kier molecular flexibility index (Phi) is 5.28. The van der Waals surface area contributed by atoms with Crippen molar-refractivity contribution in [3.63, 3.8) is 0 Å². The van der Waals surface area contributed by atoms with Crippen LogP contribution in [0.1, 0.15) is 25.3 Å². The number of nitrogens with two attached hydrogens (primary N) is 1. The van der Waals surface area contributed by atoms with Crippen molar-refractivity contribution in [2.45, 2.75) is 26.2 Å². The molecule has 0 radical (unpaired) electrons. The molecular weight excluding hydrogens is 268 g/mol. The van der Waals surface area contributed by atoms with Crippen molar-refractivity contribution >= 4 is 17.6 Å². The van der Waals surface area contributed by atoms with Gasteiger partial charge in [0.1, 0.15) is 0 Å². The van der Waals surface area contributed by atoms with Crippen molar-refractivity contribution in [3.8, 4) is 6.01 Å². The van der Waals surface area contributed by atoms with E-state index in [1.54, 1.807) is 0 Å². The zero-order valence-electron chi connectivity index (χ0n) is 12.3. The maximum Gasteiger partial charge on any atom is 0.322 e. The summed E-state index contributed by atoms with van der Waals surface area (Å²) >= 11 is 0. The number of unbranched alkanes of at least 4 members (excludes halogenated alkanes) is 1. The van der Waals surface area contributed by atoms with Crippen LogP contribution in [0.4, 0.5) is 17.6 Å². The zero-order chi connectivity index (χ0) is 15.1. The molecule has 112 valence electrons. The molecule has 4 N–H and O–H groups in total. The van der Waals surface area contributed by atoms with E-state index in [1.807, 2.05) is 12.1 Å². The summed E-state index contributed by atoms with van der Waals surface area (Å²) in [7, 11) is 1.49. The van der Waals surface area contributed by atoms with Gasteiger partial charge in [0.25, 0.3) is 0 Å². The Morgan fingerprint density at radius 3 is 2.43 bits per heavy atom. The Morgan fingerprint density at radius 2 is 1.81 bits per heavy atom. The van der Waals surface area contributed by atoms with E-state index in [0.29, 0.717) is 5.95 Å². The lowest BCUT2D eigenvalue weighted by molar-refractivity contribution is 0.379. The molecule has 0 bridgehead atoms. The second-order valence-electron chi connectivity index (χ2n) is 4.54. The van der Waals surface area contributed by atoms with E-state index < -0.39 is 0 Å². The number of anilines is 3. The zero-order valence-corrected chi connectivity index (χ0v) is 12.3. The Labute approximate surface area is 123 Å². The van der Waals surface area contributed by atoms with Crippen LogP contribution in [0.3, 0.4) is 0 Å². The van der Waals surface area contributed by atoms with Crippen LogP contribution in [0, 0.1) is 0 Å². The molecule has 0 aliphatic carbocycles. The van der Waals surface area contributed by atoms with Crippen LogP contribution >= 0.6 is 0 Å². The highest BCUT2D eigenvalue weighted by molar-refractivity contribution is 5.54. The van der Waals surface area contributed by atoms with Crippen molar-refractivity contribution < 1.29 is 4.74 Å². The predicted molar refractivity (Wildman–Crippen MR) is 82.5 cm³/mol. The highest BCUT2D eigenvalue weighted by Crippen LogP contribution is 2.17. The van der Waals surface area contributed by atoms with Gasteiger partial charge in [-0.1, -0.05) is 25.5 Å². The Morgan fingerprint density at radius 1 is 1.10 bits per heavy atom. The molecule has 0 saturated heterocycles. The van der Waals surface area contributed by atoms with Crippen molar-refractivity contribution in [2.75, 3.05) is 17.9 Å². The van der Waals surface area contributed by atoms with E-state index >= 15 is 0 Å². The third-order valence-corrected chi connectivity index (χ3v) is 2.96. The van der Waals surface area contributed by atoms with Gasteiger partial charge in [-0.2, -0.15) is 15.0 Å². The van der Waals surface area contributed by atoms with Gasteiger partial charge in [-0.25, -0.2) is 5.84 Å². The molecule has 0 aliphatic heterocycles. The fourth-order valence-corrected chi connectivity index (χ4v) is 1.83. The number of aromatic nitrogens is 3. The van der Waals surface area contributed by atoms with E-state index in [-0.39, 0.29) is 12.0 Å². The molecule has 2 rings (SSSR count). The van der Waals surface area contributed by atoms with Crippen LogP contribution in [0.5, 0.6) is 6.01 Å². The van der Waals surface area contributed by atoms with Gasteiger partial charge in [0.15, 0.2) is 0 Å². The summed E-state index contributed by atoms with van der Waals surface area (Å²) in [5, 5.41) is 3.10. The van der Waals surface area contributed by atoms with Gasteiger partial charge in [0, 0.05) is 5.69 Å². The molecule has 7 nitrogen and oxygen atoms in total. The topological polar surface area (TPSA) is 98.0 Å². The standard InChI is InChI=1S/C14H20N6O/c1-3-4-5-10-6-8-11(9-7-10)16-12-17-13(20-15)19-14(18-12)21-2/h6-9H,3-5,15H2,1-2H3,(H2,16,17,18,19,20). The Bertz CT molecular complexity index is 550. The third-order valence-electron chi connectivity index (χ3n) is 2.96. The number of nitrogens with one attached hydrogen (secondary N) is 2. The fourth-order valence-electron chi connectivity index (χ4n) is 1.83. The fraction of sp³-hybridized carbons (Fsp3) is 0.357. The molecule has 7 heteroatoms. The van der Waals surface area contributed by atoms with Crippen LogP contribution in [0.25, 0.3) is 0 Å². The Balaban J connectivity index is 2.10. The third kappa shape index (κ3) is 4.28. The number of nitrogen functional groups attached to an aromatic ring is 1. The molecule has 0 amide bonds. The largest absolute Gasteiger partial charge is 0.467 e. The van der Waals surface area contributed by atoms with Crippen molar-refractivity contribution in [1.82, 2.24) is 15.0 Å². The molecular formula is C14H20N6O. The highest BCUT2D eigenvalue weighted by Gasteiger charge is 2.06. The maximum absolute atomic E-state index is 5.32.